The Balaban J connectivity index is 3.04. The first-order valence-electron chi connectivity index (χ1n) is 6.15. The highest BCUT2D eigenvalue weighted by molar-refractivity contribution is 7.16. The third-order valence-corrected chi connectivity index (χ3v) is 4.28. The van der Waals surface area contributed by atoms with Crippen LogP contribution in [0.5, 0.6) is 0 Å². The summed E-state index contributed by atoms with van der Waals surface area (Å²) in [5.41, 5.74) is 6.82. The van der Waals surface area contributed by atoms with E-state index in [9.17, 15) is 9.59 Å². The lowest BCUT2D eigenvalue weighted by molar-refractivity contribution is -0.119. The summed E-state index contributed by atoms with van der Waals surface area (Å²) < 4.78 is 4.76. The fourth-order valence-corrected chi connectivity index (χ4v) is 2.79. The minimum Gasteiger partial charge on any atom is -0.465 e. The van der Waals surface area contributed by atoms with Gasteiger partial charge in [-0.1, -0.05) is 6.92 Å². The Hall–Kier alpha value is -1.40. The van der Waals surface area contributed by atoms with Crippen LogP contribution >= 0.6 is 11.3 Å². The van der Waals surface area contributed by atoms with Gasteiger partial charge in [0.2, 0.25) is 5.91 Å². The molecule has 0 aromatic carbocycles. The molecule has 1 atom stereocenters. The molecule has 0 bridgehead atoms. The first-order chi connectivity index (χ1) is 8.96. The number of ether oxygens (including phenoxy) is 1. The van der Waals surface area contributed by atoms with Crippen LogP contribution in [0.3, 0.4) is 0 Å². The van der Waals surface area contributed by atoms with Crippen molar-refractivity contribution in [1.82, 2.24) is 0 Å². The van der Waals surface area contributed by atoms with Crippen LogP contribution in [-0.2, 0) is 9.53 Å². The van der Waals surface area contributed by atoms with Crippen LogP contribution in [0, 0.1) is 19.8 Å². The van der Waals surface area contributed by atoms with Crippen molar-refractivity contribution in [2.75, 3.05) is 19.0 Å². The summed E-state index contributed by atoms with van der Waals surface area (Å²) in [6.07, 6.45) is 0.666. The molecule has 0 fully saturated rings. The molecule has 3 N–H and O–H groups in total. The van der Waals surface area contributed by atoms with Crippen molar-refractivity contribution < 1.29 is 14.3 Å². The highest BCUT2D eigenvalue weighted by Crippen LogP contribution is 2.33. The van der Waals surface area contributed by atoms with E-state index in [1.807, 2.05) is 20.8 Å². The van der Waals surface area contributed by atoms with Crippen LogP contribution < -0.4 is 11.1 Å². The number of rotatable bonds is 5. The number of thiophene rings is 1. The van der Waals surface area contributed by atoms with Gasteiger partial charge in [0.05, 0.1) is 18.6 Å². The first-order valence-corrected chi connectivity index (χ1v) is 6.97. The van der Waals surface area contributed by atoms with Gasteiger partial charge in [0, 0.05) is 11.4 Å². The summed E-state index contributed by atoms with van der Waals surface area (Å²) in [5, 5.41) is 3.33. The van der Waals surface area contributed by atoms with Crippen molar-refractivity contribution in [3.63, 3.8) is 0 Å². The summed E-state index contributed by atoms with van der Waals surface area (Å²) in [6, 6.07) is 0. The molecule has 0 radical (unpaired) electrons. The highest BCUT2D eigenvalue weighted by Gasteiger charge is 2.23. The molecule has 0 aliphatic heterocycles. The predicted octanol–water partition coefficient (Wildman–Crippen LogP) is 2.07. The minimum absolute atomic E-state index is 0.156. The Morgan fingerprint density at radius 3 is 2.53 bits per heavy atom. The lowest BCUT2D eigenvalue weighted by Gasteiger charge is -2.12. The molecule has 0 aliphatic rings. The molecule has 1 amide bonds. The fraction of sp³-hybridized carbons (Fsp3) is 0.538. The van der Waals surface area contributed by atoms with Gasteiger partial charge in [-0.15, -0.1) is 11.3 Å². The molecule has 1 heterocycles. The number of aryl methyl sites for hydroxylation is 1. The number of carbonyl (C=O) groups is 2. The van der Waals surface area contributed by atoms with Gasteiger partial charge in [-0.2, -0.15) is 0 Å². The molecule has 0 spiro atoms. The summed E-state index contributed by atoms with van der Waals surface area (Å²) >= 11 is 1.38. The van der Waals surface area contributed by atoms with Crippen LogP contribution in [0.2, 0.25) is 0 Å². The number of esters is 1. The average Bonchev–Trinajstić information content (AvgIpc) is 2.65. The SMILES string of the molecule is CCC(CN)C(=O)Nc1sc(C)c(C)c1C(=O)OC. The van der Waals surface area contributed by atoms with Crippen molar-refractivity contribution in [1.29, 1.82) is 0 Å². The Labute approximate surface area is 117 Å². The Bertz CT molecular complexity index is 478. The lowest BCUT2D eigenvalue weighted by atomic mass is 10.1. The maximum atomic E-state index is 12.0. The molecule has 19 heavy (non-hydrogen) atoms. The number of carbonyl (C=O) groups excluding carboxylic acids is 2. The van der Waals surface area contributed by atoms with Crippen molar-refractivity contribution in [3.8, 4) is 0 Å². The van der Waals surface area contributed by atoms with Gasteiger partial charge in [0.1, 0.15) is 5.00 Å². The van der Waals surface area contributed by atoms with Crippen LogP contribution in [-0.4, -0.2) is 25.5 Å². The smallest absolute Gasteiger partial charge is 0.341 e. The van der Waals surface area contributed by atoms with Gasteiger partial charge < -0.3 is 15.8 Å². The fourth-order valence-electron chi connectivity index (χ4n) is 1.74. The molecule has 106 valence electrons. The van der Waals surface area contributed by atoms with Crippen LogP contribution in [0.1, 0.15) is 34.1 Å². The monoisotopic (exact) mass is 284 g/mol. The Kier molecular flexibility index (Phi) is 5.50. The summed E-state index contributed by atoms with van der Waals surface area (Å²) in [4.78, 5) is 24.8. The normalized spacial score (nSPS) is 12.1. The van der Waals surface area contributed by atoms with Crippen molar-refractivity contribution >= 4 is 28.2 Å². The third kappa shape index (κ3) is 3.33. The zero-order valence-electron chi connectivity index (χ0n) is 11.7. The molecule has 0 saturated heterocycles. The predicted molar refractivity (Wildman–Crippen MR) is 76.6 cm³/mol. The number of amides is 1. The number of nitrogens with one attached hydrogen (secondary N) is 1. The van der Waals surface area contributed by atoms with E-state index in [0.717, 1.165) is 10.4 Å². The molecular weight excluding hydrogens is 264 g/mol. The number of hydrogen-bond acceptors (Lipinski definition) is 5. The van der Waals surface area contributed by atoms with Crippen LogP contribution in [0.25, 0.3) is 0 Å². The van der Waals surface area contributed by atoms with E-state index in [1.165, 1.54) is 18.4 Å². The number of methoxy groups -OCH3 is 1. The molecule has 5 nitrogen and oxygen atoms in total. The standard InChI is InChI=1S/C13H20N2O3S/c1-5-9(6-14)11(16)15-12-10(13(17)18-4)7(2)8(3)19-12/h9H,5-6,14H2,1-4H3,(H,15,16). The molecule has 1 aromatic rings. The third-order valence-electron chi connectivity index (χ3n) is 3.16. The lowest BCUT2D eigenvalue weighted by Crippen LogP contribution is -2.28. The largest absolute Gasteiger partial charge is 0.465 e. The molecule has 1 aromatic heterocycles. The van der Waals surface area contributed by atoms with Crippen LogP contribution in [0.4, 0.5) is 5.00 Å². The van der Waals surface area contributed by atoms with E-state index < -0.39 is 5.97 Å². The maximum absolute atomic E-state index is 12.0. The van der Waals surface area contributed by atoms with E-state index in [-0.39, 0.29) is 11.8 Å². The molecule has 0 aliphatic carbocycles. The van der Waals surface area contributed by atoms with Gasteiger partial charge in [0.15, 0.2) is 0 Å². The molecule has 1 rings (SSSR count). The second-order valence-corrected chi connectivity index (χ2v) is 5.53. The van der Waals surface area contributed by atoms with Gasteiger partial charge in [-0.25, -0.2) is 4.79 Å². The minimum atomic E-state index is -0.432. The molecule has 6 heteroatoms. The van der Waals surface area contributed by atoms with E-state index in [0.29, 0.717) is 23.5 Å². The first kappa shape index (κ1) is 15.7. The number of nitrogens with two attached hydrogens (primary N) is 1. The van der Waals surface area contributed by atoms with E-state index in [1.54, 1.807) is 0 Å². The zero-order chi connectivity index (χ0) is 14.6. The quantitative estimate of drug-likeness (QED) is 0.811. The number of hydrogen-bond donors (Lipinski definition) is 2. The van der Waals surface area contributed by atoms with E-state index in [4.69, 9.17) is 10.5 Å². The highest BCUT2D eigenvalue weighted by atomic mass is 32.1. The van der Waals surface area contributed by atoms with Gasteiger partial charge in [0.25, 0.3) is 0 Å². The van der Waals surface area contributed by atoms with E-state index in [2.05, 4.69) is 5.32 Å². The molecule has 0 saturated carbocycles. The summed E-state index contributed by atoms with van der Waals surface area (Å²) in [6.45, 7) is 5.94. The second kappa shape index (κ2) is 6.68. The van der Waals surface area contributed by atoms with Crippen molar-refractivity contribution in [2.24, 2.45) is 11.7 Å². The summed E-state index contributed by atoms with van der Waals surface area (Å²) in [5.74, 6) is -0.831. The van der Waals surface area contributed by atoms with Gasteiger partial charge in [-0.3, -0.25) is 4.79 Å². The van der Waals surface area contributed by atoms with Crippen molar-refractivity contribution in [3.05, 3.63) is 16.0 Å². The molecular formula is C13H20N2O3S. The topological polar surface area (TPSA) is 81.4 Å². The van der Waals surface area contributed by atoms with E-state index >= 15 is 0 Å². The van der Waals surface area contributed by atoms with Gasteiger partial charge >= 0.3 is 5.97 Å². The Morgan fingerprint density at radius 1 is 1.42 bits per heavy atom. The summed E-state index contributed by atoms with van der Waals surface area (Å²) in [7, 11) is 1.33. The van der Waals surface area contributed by atoms with Crippen molar-refractivity contribution in [2.45, 2.75) is 27.2 Å². The van der Waals surface area contributed by atoms with Crippen LogP contribution in [0.15, 0.2) is 0 Å². The Morgan fingerprint density at radius 2 is 2.05 bits per heavy atom. The van der Waals surface area contributed by atoms with Gasteiger partial charge in [-0.05, 0) is 25.8 Å². The average molecular weight is 284 g/mol. The molecule has 1 unspecified atom stereocenters. The maximum Gasteiger partial charge on any atom is 0.341 e. The zero-order valence-corrected chi connectivity index (χ0v) is 12.5. The number of anilines is 1. The second-order valence-electron chi connectivity index (χ2n) is 4.31.